The lowest BCUT2D eigenvalue weighted by atomic mass is 10.1. The molecule has 106 valence electrons. The van der Waals surface area contributed by atoms with Crippen molar-refractivity contribution in [2.45, 2.75) is 11.8 Å². The Kier molecular flexibility index (Phi) is 4.36. The maximum Gasteiger partial charge on any atom is 0.358 e. The van der Waals surface area contributed by atoms with Gasteiger partial charge in [-0.1, -0.05) is 41.6 Å². The van der Waals surface area contributed by atoms with E-state index in [-0.39, 0.29) is 4.90 Å². The molecule has 0 fully saturated rings. The van der Waals surface area contributed by atoms with Gasteiger partial charge in [-0.2, -0.15) is 13.7 Å². The molecule has 5 nitrogen and oxygen atoms in total. The van der Waals surface area contributed by atoms with Crippen molar-refractivity contribution in [1.29, 1.82) is 5.26 Å². The summed E-state index contributed by atoms with van der Waals surface area (Å²) < 4.78 is 28.5. The van der Waals surface area contributed by atoms with Crippen LogP contribution in [0, 0.1) is 11.3 Å². The Morgan fingerprint density at radius 3 is 2.38 bits per heavy atom. The van der Waals surface area contributed by atoms with Crippen LogP contribution in [0.15, 0.2) is 64.6 Å². The van der Waals surface area contributed by atoms with E-state index in [9.17, 15) is 8.42 Å². The number of hydrogen-bond acceptors (Lipinski definition) is 5. The van der Waals surface area contributed by atoms with Gasteiger partial charge in [-0.3, -0.25) is 4.28 Å². The van der Waals surface area contributed by atoms with Gasteiger partial charge in [-0.25, -0.2) is 0 Å². The molecule has 0 bridgehead atoms. The van der Waals surface area contributed by atoms with Gasteiger partial charge >= 0.3 is 10.1 Å². The molecule has 0 aliphatic carbocycles. The fourth-order valence-corrected chi connectivity index (χ4v) is 2.47. The zero-order chi connectivity index (χ0) is 15.3. The minimum absolute atomic E-state index is 0.0233. The summed E-state index contributed by atoms with van der Waals surface area (Å²) in [5.74, 6) is 0. The Morgan fingerprint density at radius 1 is 1.10 bits per heavy atom. The first-order chi connectivity index (χ1) is 10.0. The molecule has 0 aliphatic heterocycles. The Balaban J connectivity index is 2.27. The molecule has 2 aromatic carbocycles. The molecule has 0 radical (unpaired) electrons. The van der Waals surface area contributed by atoms with Gasteiger partial charge in [0.05, 0.1) is 17.3 Å². The first-order valence-electron chi connectivity index (χ1n) is 6.07. The first kappa shape index (κ1) is 14.8. The topological polar surface area (TPSA) is 79.5 Å². The molecular weight excluding hydrogens is 288 g/mol. The van der Waals surface area contributed by atoms with E-state index in [0.29, 0.717) is 16.8 Å². The van der Waals surface area contributed by atoms with E-state index >= 15 is 0 Å². The fourth-order valence-electron chi connectivity index (χ4n) is 1.68. The Hall–Kier alpha value is -2.65. The van der Waals surface area contributed by atoms with Crippen LogP contribution in [0.3, 0.4) is 0 Å². The molecule has 0 aliphatic rings. The normalized spacial score (nSPS) is 11.7. The molecule has 2 aromatic rings. The van der Waals surface area contributed by atoms with Gasteiger partial charge < -0.3 is 0 Å². The third-order valence-corrected chi connectivity index (χ3v) is 3.86. The Morgan fingerprint density at radius 2 is 1.71 bits per heavy atom. The van der Waals surface area contributed by atoms with Crippen molar-refractivity contribution in [2.24, 2.45) is 5.16 Å². The monoisotopic (exact) mass is 300 g/mol. The van der Waals surface area contributed by atoms with E-state index in [2.05, 4.69) is 9.44 Å². The molecular formula is C15H12N2O3S. The molecule has 0 atom stereocenters. The summed E-state index contributed by atoms with van der Waals surface area (Å²) in [6.45, 7) is 1.58. The Labute approximate surface area is 123 Å². The lowest BCUT2D eigenvalue weighted by Crippen LogP contribution is -2.06. The quantitative estimate of drug-likeness (QED) is 0.642. The van der Waals surface area contributed by atoms with Gasteiger partial charge in [0.1, 0.15) is 4.90 Å². The van der Waals surface area contributed by atoms with Gasteiger partial charge in [0, 0.05) is 5.56 Å². The third-order valence-electron chi connectivity index (χ3n) is 2.74. The van der Waals surface area contributed by atoms with Crippen LogP contribution in [0.5, 0.6) is 0 Å². The summed E-state index contributed by atoms with van der Waals surface area (Å²) in [4.78, 5) is 0.0233. The summed E-state index contributed by atoms with van der Waals surface area (Å²) in [5, 5.41) is 12.6. The average molecular weight is 300 g/mol. The van der Waals surface area contributed by atoms with E-state index < -0.39 is 10.1 Å². The number of nitriles is 1. The van der Waals surface area contributed by atoms with Crippen LogP contribution >= 0.6 is 0 Å². The highest BCUT2D eigenvalue weighted by Crippen LogP contribution is 2.14. The second-order valence-corrected chi connectivity index (χ2v) is 5.70. The van der Waals surface area contributed by atoms with Crippen molar-refractivity contribution in [3.05, 3.63) is 65.7 Å². The molecule has 2 rings (SSSR count). The average Bonchev–Trinajstić information content (AvgIpc) is 2.53. The standard InChI is InChI=1S/C15H12N2O3S/c1-12(15-10-6-5-7-13(15)11-16)17-20-21(18,19)14-8-3-2-4-9-14/h2-10H,1H3/b17-12+. The van der Waals surface area contributed by atoms with E-state index in [1.165, 1.54) is 12.1 Å². The molecule has 21 heavy (non-hydrogen) atoms. The highest BCUT2D eigenvalue weighted by atomic mass is 32.2. The van der Waals surface area contributed by atoms with E-state index in [1.54, 1.807) is 49.4 Å². The van der Waals surface area contributed by atoms with Crippen molar-refractivity contribution >= 4 is 15.8 Å². The fraction of sp³-hybridized carbons (Fsp3) is 0.0667. The highest BCUT2D eigenvalue weighted by molar-refractivity contribution is 7.86. The van der Waals surface area contributed by atoms with Gasteiger partial charge in [-0.15, -0.1) is 0 Å². The zero-order valence-electron chi connectivity index (χ0n) is 11.2. The zero-order valence-corrected chi connectivity index (χ0v) is 12.0. The van der Waals surface area contributed by atoms with Crippen molar-refractivity contribution < 1.29 is 12.7 Å². The maximum atomic E-state index is 11.9. The largest absolute Gasteiger partial charge is 0.358 e. The molecule has 0 saturated heterocycles. The molecule has 0 N–H and O–H groups in total. The van der Waals surface area contributed by atoms with Crippen molar-refractivity contribution in [3.8, 4) is 6.07 Å². The number of oxime groups is 1. The van der Waals surface area contributed by atoms with Crippen LogP contribution in [0.2, 0.25) is 0 Å². The molecule has 0 amide bonds. The van der Waals surface area contributed by atoms with Crippen LogP contribution in [-0.2, 0) is 14.4 Å². The van der Waals surface area contributed by atoms with Crippen molar-refractivity contribution in [1.82, 2.24) is 0 Å². The van der Waals surface area contributed by atoms with Gasteiger partial charge in [0.2, 0.25) is 0 Å². The van der Waals surface area contributed by atoms with Crippen molar-refractivity contribution in [3.63, 3.8) is 0 Å². The second-order valence-electron chi connectivity index (χ2n) is 4.18. The second kappa shape index (κ2) is 6.20. The summed E-state index contributed by atoms with van der Waals surface area (Å²) in [7, 11) is -3.95. The summed E-state index contributed by atoms with van der Waals surface area (Å²) in [5.41, 5.74) is 1.24. The van der Waals surface area contributed by atoms with Gasteiger partial charge in [-0.05, 0) is 25.1 Å². The minimum atomic E-state index is -3.95. The van der Waals surface area contributed by atoms with Gasteiger partial charge in [0.15, 0.2) is 0 Å². The Bertz CT molecular complexity index is 806. The molecule has 0 saturated carbocycles. The number of nitrogens with zero attached hydrogens (tertiary/aromatic N) is 2. The number of hydrogen-bond donors (Lipinski definition) is 0. The summed E-state index contributed by atoms with van der Waals surface area (Å²) >= 11 is 0. The minimum Gasteiger partial charge on any atom is -0.265 e. The van der Waals surface area contributed by atoms with Crippen LogP contribution in [0.4, 0.5) is 0 Å². The summed E-state index contributed by atoms with van der Waals surface area (Å²) in [6.07, 6.45) is 0. The number of rotatable bonds is 4. The molecule has 0 spiro atoms. The predicted molar refractivity (Wildman–Crippen MR) is 78.1 cm³/mol. The van der Waals surface area contributed by atoms with Gasteiger partial charge in [0.25, 0.3) is 0 Å². The van der Waals surface area contributed by atoms with E-state index in [0.717, 1.165) is 0 Å². The number of benzene rings is 2. The maximum absolute atomic E-state index is 11.9. The SMILES string of the molecule is C/C(=N\OS(=O)(=O)c1ccccc1)c1ccccc1C#N. The van der Waals surface area contributed by atoms with Crippen LogP contribution in [-0.4, -0.2) is 14.1 Å². The van der Waals surface area contributed by atoms with Crippen LogP contribution in [0.1, 0.15) is 18.1 Å². The lowest BCUT2D eigenvalue weighted by molar-refractivity contribution is 0.339. The summed E-state index contributed by atoms with van der Waals surface area (Å²) in [6, 6.07) is 16.5. The third kappa shape index (κ3) is 3.46. The predicted octanol–water partition coefficient (Wildman–Crippen LogP) is 2.69. The molecule has 0 aromatic heterocycles. The first-order valence-corrected chi connectivity index (χ1v) is 7.48. The molecule has 6 heteroatoms. The van der Waals surface area contributed by atoms with E-state index in [4.69, 9.17) is 5.26 Å². The van der Waals surface area contributed by atoms with Crippen LogP contribution < -0.4 is 0 Å². The van der Waals surface area contributed by atoms with E-state index in [1.807, 2.05) is 6.07 Å². The van der Waals surface area contributed by atoms with Crippen LogP contribution in [0.25, 0.3) is 0 Å². The highest BCUT2D eigenvalue weighted by Gasteiger charge is 2.15. The molecule has 0 unspecified atom stereocenters. The molecule has 0 heterocycles. The smallest absolute Gasteiger partial charge is 0.265 e. The van der Waals surface area contributed by atoms with Crippen molar-refractivity contribution in [2.75, 3.05) is 0 Å². The lowest BCUT2D eigenvalue weighted by Gasteiger charge is -2.04.